The van der Waals surface area contributed by atoms with E-state index < -0.39 is 11.9 Å². The predicted molar refractivity (Wildman–Crippen MR) is 109 cm³/mol. The van der Waals surface area contributed by atoms with E-state index in [1.54, 1.807) is 21.3 Å². The number of aromatic nitrogens is 5. The molecule has 1 aromatic carbocycles. The average molecular weight is 405 g/mol. The first kappa shape index (κ1) is 18.5. The number of anilines is 1. The number of likely N-dealkylation sites (N-methyl/N-ethyl adjacent to an activating group) is 1. The molecule has 0 fully saturated rings. The first-order chi connectivity index (χ1) is 14.5. The summed E-state index contributed by atoms with van der Waals surface area (Å²) < 4.78 is 3.60. The number of hydrogen-bond donors (Lipinski definition) is 1. The van der Waals surface area contributed by atoms with Gasteiger partial charge in [0.1, 0.15) is 17.7 Å². The highest BCUT2D eigenvalue weighted by Gasteiger charge is 2.33. The molecule has 2 atom stereocenters. The highest BCUT2D eigenvalue weighted by atomic mass is 16.2. The lowest BCUT2D eigenvalue weighted by Crippen LogP contribution is -2.47. The number of nitrogens with zero attached hydrogens (tertiary/aromatic N) is 6. The van der Waals surface area contributed by atoms with E-state index >= 15 is 0 Å². The van der Waals surface area contributed by atoms with Crippen LogP contribution in [0.2, 0.25) is 0 Å². The second-order valence-electron chi connectivity index (χ2n) is 7.85. The van der Waals surface area contributed by atoms with Crippen LogP contribution in [0.3, 0.4) is 0 Å². The van der Waals surface area contributed by atoms with Crippen molar-refractivity contribution in [3.8, 4) is 0 Å². The molecule has 1 N–H and O–H groups in total. The third-order valence-electron chi connectivity index (χ3n) is 5.83. The van der Waals surface area contributed by atoms with Crippen LogP contribution in [0.1, 0.15) is 46.5 Å². The fourth-order valence-electron chi connectivity index (χ4n) is 4.30. The zero-order chi connectivity index (χ0) is 20.8. The Balaban J connectivity index is 1.33. The summed E-state index contributed by atoms with van der Waals surface area (Å²) in [5.74, 6) is 1.18. The van der Waals surface area contributed by atoms with Crippen molar-refractivity contribution in [1.82, 2.24) is 29.9 Å². The van der Waals surface area contributed by atoms with E-state index in [-0.39, 0.29) is 17.6 Å². The molecule has 30 heavy (non-hydrogen) atoms. The molecule has 2 aromatic heterocycles. The number of aryl methyl sites for hydroxylation is 3. The molecule has 2 aliphatic rings. The number of benzene rings is 1. The molecule has 2 amide bonds. The van der Waals surface area contributed by atoms with Gasteiger partial charge in [0.25, 0.3) is 11.8 Å². The summed E-state index contributed by atoms with van der Waals surface area (Å²) in [5, 5.41) is 11.6. The van der Waals surface area contributed by atoms with Crippen molar-refractivity contribution in [1.29, 1.82) is 0 Å². The standard InChI is InChI=1S/C21H23N7O2/c1-13-12-17-26(2)21(30)16(9-11-27(17)24-13)22-20(29)18-23-19-15(8-10-28(19)25-18)14-6-4-3-5-7-14/h3-7,12,15-16H,8-11H2,1-2H3,(H,22,29)/t15-,16-/m0/s1. The van der Waals surface area contributed by atoms with Gasteiger partial charge in [-0.05, 0) is 25.3 Å². The van der Waals surface area contributed by atoms with E-state index in [9.17, 15) is 9.59 Å². The van der Waals surface area contributed by atoms with Crippen LogP contribution in [0.5, 0.6) is 0 Å². The number of carbonyl (C=O) groups excluding carboxylic acids is 2. The Morgan fingerprint density at radius 3 is 2.67 bits per heavy atom. The van der Waals surface area contributed by atoms with Crippen LogP contribution < -0.4 is 10.2 Å². The normalized spacial score (nSPS) is 20.6. The minimum atomic E-state index is -0.646. The van der Waals surface area contributed by atoms with Gasteiger partial charge in [0, 0.05) is 32.1 Å². The minimum Gasteiger partial charge on any atom is -0.337 e. The van der Waals surface area contributed by atoms with Crippen LogP contribution in [0.4, 0.5) is 5.82 Å². The second-order valence-corrected chi connectivity index (χ2v) is 7.85. The van der Waals surface area contributed by atoms with Gasteiger partial charge in [-0.15, -0.1) is 5.10 Å². The Hall–Kier alpha value is -3.49. The topological polar surface area (TPSA) is 97.9 Å². The molecule has 0 saturated heterocycles. The number of fused-ring (bicyclic) bond motifs is 2. The van der Waals surface area contributed by atoms with Gasteiger partial charge in [-0.1, -0.05) is 30.3 Å². The van der Waals surface area contributed by atoms with Crippen LogP contribution in [-0.4, -0.2) is 49.4 Å². The largest absolute Gasteiger partial charge is 0.337 e. The maximum Gasteiger partial charge on any atom is 0.291 e. The van der Waals surface area contributed by atoms with Crippen molar-refractivity contribution in [2.24, 2.45) is 0 Å². The molecule has 0 radical (unpaired) electrons. The molecule has 3 aromatic rings. The van der Waals surface area contributed by atoms with Crippen molar-refractivity contribution in [2.75, 3.05) is 11.9 Å². The second kappa shape index (κ2) is 7.08. The van der Waals surface area contributed by atoms with E-state index in [1.165, 1.54) is 5.56 Å². The smallest absolute Gasteiger partial charge is 0.291 e. The average Bonchev–Trinajstić information content (AvgIpc) is 3.42. The summed E-state index contributed by atoms with van der Waals surface area (Å²) in [4.78, 5) is 31.8. The van der Waals surface area contributed by atoms with E-state index in [1.807, 2.05) is 31.2 Å². The SMILES string of the molecule is Cc1cc2n(n1)CC[C@H](NC(=O)c1nc3n(n1)CC[C@H]3c1ccccc1)C(=O)N2C. The van der Waals surface area contributed by atoms with Crippen molar-refractivity contribution < 1.29 is 9.59 Å². The maximum absolute atomic E-state index is 12.9. The van der Waals surface area contributed by atoms with Crippen molar-refractivity contribution in [2.45, 2.75) is 44.8 Å². The number of nitrogens with one attached hydrogen (secondary N) is 1. The van der Waals surface area contributed by atoms with E-state index in [0.717, 1.165) is 30.3 Å². The quantitative estimate of drug-likeness (QED) is 0.712. The van der Waals surface area contributed by atoms with E-state index in [4.69, 9.17) is 0 Å². The van der Waals surface area contributed by atoms with Gasteiger partial charge in [-0.2, -0.15) is 5.10 Å². The molecule has 0 spiro atoms. The van der Waals surface area contributed by atoms with Crippen LogP contribution in [0.15, 0.2) is 36.4 Å². The Labute approximate surface area is 173 Å². The van der Waals surface area contributed by atoms with Gasteiger partial charge < -0.3 is 5.32 Å². The fraction of sp³-hybridized carbons (Fsp3) is 0.381. The molecule has 0 aliphatic carbocycles. The van der Waals surface area contributed by atoms with Gasteiger partial charge in [0.2, 0.25) is 5.82 Å². The molecule has 9 heteroatoms. The zero-order valence-electron chi connectivity index (χ0n) is 16.9. The maximum atomic E-state index is 12.9. The molecule has 0 bridgehead atoms. The molecular formula is C21H23N7O2. The third kappa shape index (κ3) is 3.06. The lowest BCUT2D eigenvalue weighted by molar-refractivity contribution is -0.120. The van der Waals surface area contributed by atoms with Crippen LogP contribution in [0.25, 0.3) is 0 Å². The number of hydrogen-bond acceptors (Lipinski definition) is 5. The number of rotatable bonds is 3. The highest BCUT2D eigenvalue weighted by Crippen LogP contribution is 2.32. The molecule has 0 unspecified atom stereocenters. The minimum absolute atomic E-state index is 0.110. The Bertz CT molecular complexity index is 1120. The molecule has 4 heterocycles. The van der Waals surface area contributed by atoms with Gasteiger partial charge in [0.05, 0.1) is 5.69 Å². The molecular weight excluding hydrogens is 382 g/mol. The summed E-state index contributed by atoms with van der Waals surface area (Å²) in [7, 11) is 1.70. The monoisotopic (exact) mass is 405 g/mol. The van der Waals surface area contributed by atoms with Crippen LogP contribution >= 0.6 is 0 Å². The Kier molecular flexibility index (Phi) is 4.38. The number of carbonyl (C=O) groups is 2. The summed E-state index contributed by atoms with van der Waals surface area (Å²) >= 11 is 0. The first-order valence-corrected chi connectivity index (χ1v) is 10.1. The zero-order valence-corrected chi connectivity index (χ0v) is 16.9. The fourth-order valence-corrected chi connectivity index (χ4v) is 4.30. The van der Waals surface area contributed by atoms with Gasteiger partial charge in [0.15, 0.2) is 0 Å². The number of amides is 2. The van der Waals surface area contributed by atoms with Crippen molar-refractivity contribution >= 4 is 17.6 Å². The lowest BCUT2D eigenvalue weighted by Gasteiger charge is -2.19. The van der Waals surface area contributed by atoms with Crippen molar-refractivity contribution in [3.63, 3.8) is 0 Å². The highest BCUT2D eigenvalue weighted by molar-refractivity contribution is 6.00. The lowest BCUT2D eigenvalue weighted by atomic mass is 9.97. The van der Waals surface area contributed by atoms with E-state index in [2.05, 4.69) is 32.6 Å². The molecule has 154 valence electrons. The van der Waals surface area contributed by atoms with Crippen molar-refractivity contribution in [3.05, 3.63) is 59.3 Å². The molecule has 5 rings (SSSR count). The summed E-state index contributed by atoms with van der Waals surface area (Å²) in [6, 6.07) is 11.3. The van der Waals surface area contributed by atoms with Gasteiger partial charge in [-0.25, -0.2) is 14.3 Å². The summed E-state index contributed by atoms with van der Waals surface area (Å²) in [5.41, 5.74) is 2.03. The molecule has 9 nitrogen and oxygen atoms in total. The summed E-state index contributed by atoms with van der Waals surface area (Å²) in [6.07, 6.45) is 1.38. The van der Waals surface area contributed by atoms with E-state index in [0.29, 0.717) is 13.0 Å². The third-order valence-corrected chi connectivity index (χ3v) is 5.83. The van der Waals surface area contributed by atoms with Gasteiger partial charge >= 0.3 is 0 Å². The molecule has 0 saturated carbocycles. The summed E-state index contributed by atoms with van der Waals surface area (Å²) in [6.45, 7) is 3.17. The predicted octanol–water partition coefficient (Wildman–Crippen LogP) is 1.48. The van der Waals surface area contributed by atoms with Crippen LogP contribution in [-0.2, 0) is 17.9 Å². The Morgan fingerprint density at radius 2 is 1.87 bits per heavy atom. The molecule has 2 aliphatic heterocycles. The first-order valence-electron chi connectivity index (χ1n) is 10.1. The Morgan fingerprint density at radius 1 is 1.10 bits per heavy atom. The van der Waals surface area contributed by atoms with Gasteiger partial charge in [-0.3, -0.25) is 14.5 Å². The van der Waals surface area contributed by atoms with Crippen LogP contribution in [0, 0.1) is 6.92 Å².